The van der Waals surface area contributed by atoms with Crippen molar-refractivity contribution in [2.75, 3.05) is 37.7 Å². The van der Waals surface area contributed by atoms with E-state index in [9.17, 15) is 14.7 Å². The molecule has 1 aromatic rings. The molecular formula is C21H26N2O4. The maximum Gasteiger partial charge on any atom is 0.307 e. The topological polar surface area (TPSA) is 70.1 Å². The molecule has 3 aliphatic rings. The molecule has 4 rings (SSSR count). The molecule has 4 atom stereocenters. The molecular weight excluding hydrogens is 344 g/mol. The van der Waals surface area contributed by atoms with Crippen molar-refractivity contribution >= 4 is 17.6 Å². The van der Waals surface area contributed by atoms with Crippen molar-refractivity contribution in [2.24, 2.45) is 23.7 Å². The predicted octanol–water partition coefficient (Wildman–Crippen LogP) is 2.26. The van der Waals surface area contributed by atoms with Crippen LogP contribution in [0.2, 0.25) is 0 Å². The fourth-order valence-electron chi connectivity index (χ4n) is 4.87. The van der Waals surface area contributed by atoms with Crippen LogP contribution in [0.1, 0.15) is 13.3 Å². The van der Waals surface area contributed by atoms with E-state index in [1.807, 2.05) is 48.2 Å². The molecule has 1 heterocycles. The van der Waals surface area contributed by atoms with E-state index in [1.54, 1.807) is 0 Å². The van der Waals surface area contributed by atoms with Gasteiger partial charge in [-0.2, -0.15) is 0 Å². The monoisotopic (exact) mass is 370 g/mol. The quantitative estimate of drug-likeness (QED) is 0.805. The minimum Gasteiger partial charge on any atom is -0.492 e. The van der Waals surface area contributed by atoms with E-state index in [4.69, 9.17) is 4.74 Å². The lowest BCUT2D eigenvalue weighted by Crippen LogP contribution is -2.52. The van der Waals surface area contributed by atoms with E-state index in [0.717, 1.165) is 30.9 Å². The van der Waals surface area contributed by atoms with Crippen LogP contribution < -0.4 is 9.64 Å². The fraction of sp³-hybridized carbons (Fsp3) is 0.524. The molecule has 0 spiro atoms. The van der Waals surface area contributed by atoms with Crippen LogP contribution in [-0.4, -0.2) is 54.7 Å². The van der Waals surface area contributed by atoms with Crippen LogP contribution in [0.3, 0.4) is 0 Å². The molecule has 6 nitrogen and oxygen atoms in total. The number of aliphatic carboxylic acids is 1. The Labute approximate surface area is 159 Å². The Morgan fingerprint density at radius 2 is 1.74 bits per heavy atom. The molecule has 1 amide bonds. The van der Waals surface area contributed by atoms with Gasteiger partial charge in [0.25, 0.3) is 0 Å². The Morgan fingerprint density at radius 3 is 2.41 bits per heavy atom. The first-order valence-corrected chi connectivity index (χ1v) is 9.77. The lowest BCUT2D eigenvalue weighted by atomic mass is 9.82. The van der Waals surface area contributed by atoms with Gasteiger partial charge in [0.1, 0.15) is 5.75 Å². The normalized spacial score (nSPS) is 29.2. The number of anilines is 1. The van der Waals surface area contributed by atoms with Crippen molar-refractivity contribution in [1.29, 1.82) is 0 Å². The highest BCUT2D eigenvalue weighted by molar-refractivity contribution is 5.87. The Bertz CT molecular complexity index is 754. The first-order chi connectivity index (χ1) is 13.1. The van der Waals surface area contributed by atoms with Crippen LogP contribution >= 0.6 is 0 Å². The van der Waals surface area contributed by atoms with E-state index >= 15 is 0 Å². The van der Waals surface area contributed by atoms with Gasteiger partial charge in [0.15, 0.2) is 0 Å². The molecule has 2 bridgehead atoms. The molecule has 27 heavy (non-hydrogen) atoms. The van der Waals surface area contributed by atoms with Crippen molar-refractivity contribution in [1.82, 2.24) is 4.90 Å². The minimum atomic E-state index is -0.838. The van der Waals surface area contributed by atoms with Crippen LogP contribution in [0, 0.1) is 23.7 Å². The molecule has 1 saturated carbocycles. The molecule has 2 aliphatic carbocycles. The van der Waals surface area contributed by atoms with Crippen molar-refractivity contribution in [3.63, 3.8) is 0 Å². The number of rotatable bonds is 5. The van der Waals surface area contributed by atoms with Gasteiger partial charge >= 0.3 is 5.97 Å². The number of hydrogen-bond acceptors (Lipinski definition) is 4. The number of ether oxygens (including phenoxy) is 1. The zero-order valence-corrected chi connectivity index (χ0v) is 15.6. The third kappa shape index (κ3) is 3.17. The molecule has 1 saturated heterocycles. The van der Waals surface area contributed by atoms with Crippen molar-refractivity contribution in [2.45, 2.75) is 13.3 Å². The number of amides is 1. The third-order valence-corrected chi connectivity index (χ3v) is 6.13. The number of carbonyl (C=O) groups is 2. The van der Waals surface area contributed by atoms with Crippen molar-refractivity contribution in [3.8, 4) is 5.75 Å². The summed E-state index contributed by atoms with van der Waals surface area (Å²) < 4.78 is 5.72. The predicted molar refractivity (Wildman–Crippen MR) is 102 cm³/mol. The summed E-state index contributed by atoms with van der Waals surface area (Å²) in [6, 6.07) is 7.97. The first kappa shape index (κ1) is 17.9. The van der Waals surface area contributed by atoms with Crippen LogP contribution in [0.25, 0.3) is 0 Å². The van der Waals surface area contributed by atoms with E-state index in [0.29, 0.717) is 19.7 Å². The number of carbonyl (C=O) groups excluding carboxylic acids is 1. The number of carboxylic acid groups (broad SMARTS) is 1. The van der Waals surface area contributed by atoms with Gasteiger partial charge in [-0.25, -0.2) is 0 Å². The number of piperazine rings is 1. The molecule has 2 fully saturated rings. The number of benzene rings is 1. The van der Waals surface area contributed by atoms with Crippen LogP contribution in [0.15, 0.2) is 36.4 Å². The second-order valence-corrected chi connectivity index (χ2v) is 7.55. The third-order valence-electron chi connectivity index (χ3n) is 6.13. The summed E-state index contributed by atoms with van der Waals surface area (Å²) in [6.45, 7) is 5.26. The number of nitrogens with zero attached hydrogens (tertiary/aromatic N) is 2. The molecule has 0 aromatic heterocycles. The number of para-hydroxylation sites is 2. The number of fused-ring (bicyclic) bond motifs is 2. The average Bonchev–Trinajstić information content (AvgIpc) is 3.30. The van der Waals surface area contributed by atoms with Crippen LogP contribution in [-0.2, 0) is 9.59 Å². The summed E-state index contributed by atoms with van der Waals surface area (Å²) in [4.78, 5) is 28.9. The molecule has 6 heteroatoms. The highest BCUT2D eigenvalue weighted by atomic mass is 16.5. The van der Waals surface area contributed by atoms with Gasteiger partial charge in [0.2, 0.25) is 5.91 Å². The lowest BCUT2D eigenvalue weighted by molar-refractivity contribution is -0.151. The Hall–Kier alpha value is -2.50. The van der Waals surface area contributed by atoms with Gasteiger partial charge in [0.05, 0.1) is 24.1 Å². The highest BCUT2D eigenvalue weighted by Crippen LogP contribution is 2.48. The maximum absolute atomic E-state index is 13.1. The van der Waals surface area contributed by atoms with Gasteiger partial charge in [0, 0.05) is 26.2 Å². The number of carboxylic acids is 1. The number of hydrogen-bond donors (Lipinski definition) is 1. The van der Waals surface area contributed by atoms with E-state index in [1.165, 1.54) is 0 Å². The lowest BCUT2D eigenvalue weighted by Gasteiger charge is -2.39. The van der Waals surface area contributed by atoms with Gasteiger partial charge in [-0.15, -0.1) is 0 Å². The van der Waals surface area contributed by atoms with Crippen LogP contribution in [0.4, 0.5) is 5.69 Å². The van der Waals surface area contributed by atoms with E-state index in [-0.39, 0.29) is 17.7 Å². The Morgan fingerprint density at radius 1 is 1.07 bits per heavy atom. The fourth-order valence-corrected chi connectivity index (χ4v) is 4.87. The maximum atomic E-state index is 13.1. The molecule has 144 valence electrons. The zero-order chi connectivity index (χ0) is 19.0. The molecule has 0 radical (unpaired) electrons. The Kier molecular flexibility index (Phi) is 4.81. The summed E-state index contributed by atoms with van der Waals surface area (Å²) in [6.07, 6.45) is 4.83. The van der Waals surface area contributed by atoms with Crippen LogP contribution in [0.5, 0.6) is 5.75 Å². The second kappa shape index (κ2) is 7.25. The van der Waals surface area contributed by atoms with Crippen molar-refractivity contribution < 1.29 is 19.4 Å². The Balaban J connectivity index is 1.43. The van der Waals surface area contributed by atoms with Gasteiger partial charge in [-0.05, 0) is 37.3 Å². The average molecular weight is 370 g/mol. The minimum absolute atomic E-state index is 0.0111. The number of allylic oxidation sites excluding steroid dienone is 2. The van der Waals surface area contributed by atoms with E-state index in [2.05, 4.69) is 4.90 Å². The van der Waals surface area contributed by atoms with Gasteiger partial charge in [-0.3, -0.25) is 9.59 Å². The molecule has 1 aromatic carbocycles. The first-order valence-electron chi connectivity index (χ1n) is 9.77. The largest absolute Gasteiger partial charge is 0.492 e. The van der Waals surface area contributed by atoms with Crippen molar-refractivity contribution in [3.05, 3.63) is 36.4 Å². The van der Waals surface area contributed by atoms with Gasteiger partial charge < -0.3 is 19.6 Å². The zero-order valence-electron chi connectivity index (χ0n) is 15.6. The molecule has 0 unspecified atom stereocenters. The summed E-state index contributed by atoms with van der Waals surface area (Å²) in [5, 5.41) is 9.60. The summed E-state index contributed by atoms with van der Waals surface area (Å²) >= 11 is 0. The smallest absolute Gasteiger partial charge is 0.307 e. The summed E-state index contributed by atoms with van der Waals surface area (Å²) in [5.41, 5.74) is 1.05. The standard InChI is InChI=1S/C21H26N2O4/c1-2-27-17-6-4-3-5-16(17)22-9-11-23(12-10-22)20(24)18-14-7-8-15(13-14)19(18)21(25)26/h3-8,14-15,18-19H,2,9-13H2,1H3,(H,25,26)/t14-,15-,18-,19-/m0/s1. The molecule has 1 N–H and O–H groups in total. The van der Waals surface area contributed by atoms with Gasteiger partial charge in [-0.1, -0.05) is 24.3 Å². The highest BCUT2D eigenvalue weighted by Gasteiger charge is 2.52. The molecule has 1 aliphatic heterocycles. The second-order valence-electron chi connectivity index (χ2n) is 7.55. The summed E-state index contributed by atoms with van der Waals surface area (Å²) in [7, 11) is 0. The SMILES string of the molecule is CCOc1ccccc1N1CCN(C(=O)[C@@H]2[C@@H](C(=O)O)[C@H]3C=C[C@H]2C3)CC1. The van der Waals surface area contributed by atoms with E-state index < -0.39 is 17.8 Å². The summed E-state index contributed by atoms with van der Waals surface area (Å²) in [5.74, 6) is -0.833.